The molecule has 6 aromatic rings. The van der Waals surface area contributed by atoms with E-state index in [1.165, 1.54) is 33.4 Å². The summed E-state index contributed by atoms with van der Waals surface area (Å²) in [6.07, 6.45) is 0. The van der Waals surface area contributed by atoms with E-state index >= 15 is 0 Å². The fourth-order valence-corrected chi connectivity index (χ4v) is 5.88. The first kappa shape index (κ1) is 24.1. The summed E-state index contributed by atoms with van der Waals surface area (Å²) >= 11 is 0. The van der Waals surface area contributed by atoms with Crippen LogP contribution >= 0.6 is 0 Å². The van der Waals surface area contributed by atoms with E-state index in [9.17, 15) is 0 Å². The van der Waals surface area contributed by atoms with Gasteiger partial charge in [-0.3, -0.25) is 9.97 Å². The number of pyridine rings is 2. The van der Waals surface area contributed by atoms with Gasteiger partial charge in [-0.2, -0.15) is 0 Å². The maximum absolute atomic E-state index is 5.26. The highest BCUT2D eigenvalue weighted by atomic mass is 14.8. The van der Waals surface area contributed by atoms with Gasteiger partial charge >= 0.3 is 0 Å². The zero-order valence-electron chi connectivity index (χ0n) is 22.4. The molecular weight excluding hydrogens is 460 g/mol. The van der Waals surface area contributed by atoms with Gasteiger partial charge in [0.1, 0.15) is 0 Å². The molecule has 0 bridgehead atoms. The summed E-state index contributed by atoms with van der Waals surface area (Å²) in [6.45, 7) is 8.79. The van der Waals surface area contributed by atoms with Crippen molar-refractivity contribution in [3.63, 3.8) is 0 Å². The lowest BCUT2D eigenvalue weighted by Gasteiger charge is -2.31. The predicted octanol–water partition coefficient (Wildman–Crippen LogP) is 8.98. The van der Waals surface area contributed by atoms with Gasteiger partial charge < -0.3 is 0 Å². The molecule has 2 aromatic heterocycles. The maximum Gasteiger partial charge on any atom is 0.0705 e. The first-order valence-electron chi connectivity index (χ1n) is 13.3. The lowest BCUT2D eigenvalue weighted by Crippen LogP contribution is -2.19. The zero-order chi connectivity index (χ0) is 26.2. The first-order valence-corrected chi connectivity index (χ1v) is 13.3. The molecule has 0 saturated heterocycles. The molecule has 0 fully saturated rings. The van der Waals surface area contributed by atoms with Crippen molar-refractivity contribution in [2.24, 2.45) is 0 Å². The molecule has 38 heavy (non-hydrogen) atoms. The average Bonchev–Trinajstić information content (AvgIpc) is 2.92. The van der Waals surface area contributed by atoms with Gasteiger partial charge in [0.2, 0.25) is 0 Å². The van der Waals surface area contributed by atoms with Crippen LogP contribution in [0.5, 0.6) is 0 Å². The van der Waals surface area contributed by atoms with Crippen LogP contribution in [0.25, 0.3) is 21.8 Å². The molecule has 0 unspecified atom stereocenters. The summed E-state index contributed by atoms with van der Waals surface area (Å²) in [4.78, 5) is 10.5. The molecule has 2 heterocycles. The Labute approximate surface area is 225 Å². The van der Waals surface area contributed by atoms with Crippen LogP contribution in [0.2, 0.25) is 0 Å². The van der Waals surface area contributed by atoms with E-state index in [4.69, 9.17) is 9.97 Å². The van der Waals surface area contributed by atoms with E-state index in [1.807, 2.05) is 0 Å². The molecule has 0 amide bonds. The van der Waals surface area contributed by atoms with Crippen LogP contribution in [0, 0.1) is 27.7 Å². The Morgan fingerprint density at radius 3 is 1.34 bits per heavy atom. The second-order valence-corrected chi connectivity index (χ2v) is 10.5. The van der Waals surface area contributed by atoms with Crippen molar-refractivity contribution in [1.82, 2.24) is 9.97 Å². The number of benzene rings is 4. The summed E-state index contributed by atoms with van der Waals surface area (Å²) < 4.78 is 0. The first-order chi connectivity index (χ1) is 18.5. The highest BCUT2D eigenvalue weighted by molar-refractivity contribution is 5.80. The maximum atomic E-state index is 5.26. The van der Waals surface area contributed by atoms with Gasteiger partial charge in [-0.05, 0) is 74.2 Å². The minimum atomic E-state index is -0.0629. The molecule has 2 nitrogen and oxygen atoms in total. The van der Waals surface area contributed by atoms with Gasteiger partial charge in [0.15, 0.2) is 0 Å². The number of nitrogens with zero attached hydrogens (tertiary/aromatic N) is 2. The molecule has 2 heteroatoms. The molecule has 0 spiro atoms. The number of rotatable bonds is 5. The van der Waals surface area contributed by atoms with Gasteiger partial charge in [0.25, 0.3) is 0 Å². The van der Waals surface area contributed by atoms with Gasteiger partial charge in [0, 0.05) is 16.7 Å². The SMILES string of the molecule is Cc1ccc(C(c2ccc(C)cc2C)C(c2ccc3ccccc3n2)c2ccc3ccccc3n2)c(C)c1. The second kappa shape index (κ2) is 9.87. The molecule has 4 aromatic carbocycles. The van der Waals surface area contributed by atoms with E-state index < -0.39 is 0 Å². The Balaban J connectivity index is 1.67. The highest BCUT2D eigenvalue weighted by Crippen LogP contribution is 2.44. The van der Waals surface area contributed by atoms with E-state index in [2.05, 4.69) is 137 Å². The van der Waals surface area contributed by atoms with Crippen LogP contribution < -0.4 is 0 Å². The zero-order valence-corrected chi connectivity index (χ0v) is 22.4. The fourth-order valence-electron chi connectivity index (χ4n) is 5.88. The minimum absolute atomic E-state index is 0.0542. The molecule has 0 saturated carbocycles. The van der Waals surface area contributed by atoms with Crippen LogP contribution in [0.1, 0.15) is 56.6 Å². The van der Waals surface area contributed by atoms with E-state index in [1.54, 1.807) is 0 Å². The summed E-state index contributed by atoms with van der Waals surface area (Å²) in [6, 6.07) is 39.2. The quantitative estimate of drug-likeness (QED) is 0.240. The Bertz CT molecular complexity index is 1650. The molecule has 0 aliphatic heterocycles. The smallest absolute Gasteiger partial charge is 0.0705 e. The minimum Gasteiger partial charge on any atom is -0.252 e. The van der Waals surface area contributed by atoms with Crippen LogP contribution in [-0.4, -0.2) is 9.97 Å². The Kier molecular flexibility index (Phi) is 6.25. The third kappa shape index (κ3) is 4.48. The van der Waals surface area contributed by atoms with Crippen molar-refractivity contribution in [1.29, 1.82) is 0 Å². The number of aromatic nitrogens is 2. The van der Waals surface area contributed by atoms with Gasteiger partial charge in [-0.25, -0.2) is 0 Å². The van der Waals surface area contributed by atoms with Crippen LogP contribution in [0.4, 0.5) is 0 Å². The lowest BCUT2D eigenvalue weighted by molar-refractivity contribution is 0.655. The molecule has 0 N–H and O–H groups in total. The number of para-hydroxylation sites is 2. The number of aryl methyl sites for hydroxylation is 4. The second-order valence-electron chi connectivity index (χ2n) is 10.5. The lowest BCUT2D eigenvalue weighted by atomic mass is 9.74. The third-order valence-corrected chi connectivity index (χ3v) is 7.73. The van der Waals surface area contributed by atoms with Gasteiger partial charge in [-0.15, -0.1) is 0 Å². The van der Waals surface area contributed by atoms with Crippen molar-refractivity contribution < 1.29 is 0 Å². The van der Waals surface area contributed by atoms with Crippen LogP contribution in [0.3, 0.4) is 0 Å². The standard InChI is InChI=1S/C36H32N2/c1-23-13-17-29(25(3)21-23)35(30-18-14-24(2)22-26(30)4)36(33-19-15-27-9-5-7-11-31(27)37-33)34-20-16-28-10-6-8-12-32(28)38-34/h5-22,35-36H,1-4H3. The largest absolute Gasteiger partial charge is 0.252 e. The highest BCUT2D eigenvalue weighted by Gasteiger charge is 2.32. The molecule has 6 rings (SSSR count). The number of fused-ring (bicyclic) bond motifs is 2. The summed E-state index contributed by atoms with van der Waals surface area (Å²) in [5.74, 6) is -0.00875. The predicted molar refractivity (Wildman–Crippen MR) is 159 cm³/mol. The average molecular weight is 493 g/mol. The van der Waals surface area contributed by atoms with Crippen molar-refractivity contribution in [3.05, 3.63) is 154 Å². The monoisotopic (exact) mass is 492 g/mol. The number of hydrogen-bond acceptors (Lipinski definition) is 2. The topological polar surface area (TPSA) is 25.8 Å². The molecular formula is C36H32N2. The van der Waals surface area contributed by atoms with Crippen LogP contribution in [-0.2, 0) is 0 Å². The third-order valence-electron chi connectivity index (χ3n) is 7.73. The van der Waals surface area contributed by atoms with Crippen molar-refractivity contribution in [2.75, 3.05) is 0 Å². The van der Waals surface area contributed by atoms with E-state index in [0.717, 1.165) is 33.2 Å². The van der Waals surface area contributed by atoms with Gasteiger partial charge in [-0.1, -0.05) is 96.1 Å². The molecule has 0 radical (unpaired) electrons. The molecule has 186 valence electrons. The van der Waals surface area contributed by atoms with E-state index in [-0.39, 0.29) is 11.8 Å². The van der Waals surface area contributed by atoms with Crippen molar-refractivity contribution in [3.8, 4) is 0 Å². The Morgan fingerprint density at radius 1 is 0.447 bits per heavy atom. The fraction of sp³-hybridized carbons (Fsp3) is 0.167. The molecule has 0 aliphatic carbocycles. The molecule has 0 atom stereocenters. The van der Waals surface area contributed by atoms with E-state index in [0.29, 0.717) is 0 Å². The summed E-state index contributed by atoms with van der Waals surface area (Å²) in [5, 5.41) is 2.30. The van der Waals surface area contributed by atoms with Crippen LogP contribution in [0.15, 0.2) is 109 Å². The van der Waals surface area contributed by atoms with Crippen molar-refractivity contribution in [2.45, 2.75) is 39.5 Å². The normalized spacial score (nSPS) is 11.6. The Hall–Kier alpha value is -4.30. The molecule has 0 aliphatic rings. The summed E-state index contributed by atoms with van der Waals surface area (Å²) in [7, 11) is 0. The summed E-state index contributed by atoms with van der Waals surface area (Å²) in [5.41, 5.74) is 11.9. The Morgan fingerprint density at radius 2 is 0.895 bits per heavy atom. The number of hydrogen-bond donors (Lipinski definition) is 0. The van der Waals surface area contributed by atoms with Gasteiger partial charge in [0.05, 0.1) is 28.3 Å². The van der Waals surface area contributed by atoms with Crippen molar-refractivity contribution >= 4 is 21.8 Å².